The number of carbonyl (C=O) groups is 2. The number of anilines is 1. The van der Waals surface area contributed by atoms with E-state index in [1.807, 2.05) is 24.3 Å². The van der Waals surface area contributed by atoms with Gasteiger partial charge in [0.2, 0.25) is 5.91 Å². The van der Waals surface area contributed by atoms with Gasteiger partial charge >= 0.3 is 0 Å². The molecule has 2 N–H and O–H groups in total. The molecule has 3 aromatic rings. The molecule has 0 aliphatic carbocycles. The van der Waals surface area contributed by atoms with Crippen LogP contribution in [0.5, 0.6) is 0 Å². The van der Waals surface area contributed by atoms with Crippen LogP contribution in [0.3, 0.4) is 0 Å². The molecule has 27 heavy (non-hydrogen) atoms. The zero-order valence-electron chi connectivity index (χ0n) is 14.0. The molecule has 0 atom stereocenters. The number of benzene rings is 2. The van der Waals surface area contributed by atoms with Crippen LogP contribution >= 0.6 is 27.3 Å². The third-order valence-electron chi connectivity index (χ3n) is 3.59. The van der Waals surface area contributed by atoms with E-state index in [-0.39, 0.29) is 12.1 Å². The molecule has 1 aromatic heterocycles. The SMILES string of the molecule is O=C(CNC(=O)c1cccc(F)c1)Nc1ncc(Cc2ccc(Br)cc2)s1. The maximum absolute atomic E-state index is 13.1. The predicted molar refractivity (Wildman–Crippen MR) is 106 cm³/mol. The molecule has 0 bridgehead atoms. The fraction of sp³-hybridized carbons (Fsp3) is 0.105. The molecule has 138 valence electrons. The third-order valence-corrected chi connectivity index (χ3v) is 5.03. The Bertz CT molecular complexity index is 960. The Morgan fingerprint density at radius 3 is 2.67 bits per heavy atom. The lowest BCUT2D eigenvalue weighted by atomic mass is 10.1. The highest BCUT2D eigenvalue weighted by atomic mass is 79.9. The second-order valence-corrected chi connectivity index (χ2v) is 7.71. The van der Waals surface area contributed by atoms with Crippen molar-refractivity contribution in [1.29, 1.82) is 0 Å². The highest BCUT2D eigenvalue weighted by molar-refractivity contribution is 9.10. The van der Waals surface area contributed by atoms with Crippen LogP contribution < -0.4 is 10.6 Å². The van der Waals surface area contributed by atoms with Gasteiger partial charge in [0.25, 0.3) is 5.91 Å². The van der Waals surface area contributed by atoms with Gasteiger partial charge in [-0.15, -0.1) is 11.3 Å². The molecule has 0 radical (unpaired) electrons. The summed E-state index contributed by atoms with van der Waals surface area (Å²) in [4.78, 5) is 29.1. The maximum atomic E-state index is 13.1. The molecule has 0 saturated carbocycles. The van der Waals surface area contributed by atoms with Crippen molar-refractivity contribution in [1.82, 2.24) is 10.3 Å². The molecule has 0 unspecified atom stereocenters. The van der Waals surface area contributed by atoms with E-state index >= 15 is 0 Å². The maximum Gasteiger partial charge on any atom is 0.251 e. The summed E-state index contributed by atoms with van der Waals surface area (Å²) >= 11 is 4.78. The number of hydrogen-bond donors (Lipinski definition) is 2. The summed E-state index contributed by atoms with van der Waals surface area (Å²) in [5.41, 5.74) is 1.30. The summed E-state index contributed by atoms with van der Waals surface area (Å²) in [6.07, 6.45) is 2.44. The summed E-state index contributed by atoms with van der Waals surface area (Å²) in [5.74, 6) is -1.42. The van der Waals surface area contributed by atoms with Gasteiger partial charge in [-0.1, -0.05) is 34.1 Å². The summed E-state index contributed by atoms with van der Waals surface area (Å²) < 4.78 is 14.1. The largest absolute Gasteiger partial charge is 0.343 e. The second-order valence-electron chi connectivity index (χ2n) is 5.68. The van der Waals surface area contributed by atoms with Gasteiger partial charge in [0.1, 0.15) is 5.82 Å². The second kappa shape index (κ2) is 8.88. The highest BCUT2D eigenvalue weighted by Crippen LogP contribution is 2.22. The lowest BCUT2D eigenvalue weighted by molar-refractivity contribution is -0.115. The third kappa shape index (κ3) is 5.70. The average Bonchev–Trinajstić information content (AvgIpc) is 3.08. The minimum atomic E-state index is -0.514. The Morgan fingerprint density at radius 1 is 1.15 bits per heavy atom. The highest BCUT2D eigenvalue weighted by Gasteiger charge is 2.11. The molecule has 8 heteroatoms. The van der Waals surface area contributed by atoms with Crippen molar-refractivity contribution >= 4 is 44.2 Å². The number of halogens is 2. The van der Waals surface area contributed by atoms with Crippen molar-refractivity contribution in [2.24, 2.45) is 0 Å². The van der Waals surface area contributed by atoms with Gasteiger partial charge in [-0.3, -0.25) is 9.59 Å². The zero-order valence-corrected chi connectivity index (χ0v) is 16.4. The zero-order chi connectivity index (χ0) is 19.2. The molecular weight excluding hydrogens is 433 g/mol. The first-order chi connectivity index (χ1) is 13.0. The number of nitrogens with zero attached hydrogens (tertiary/aromatic N) is 1. The quantitative estimate of drug-likeness (QED) is 0.599. The Hall–Kier alpha value is -2.58. The molecule has 1 heterocycles. The number of nitrogens with one attached hydrogen (secondary N) is 2. The summed E-state index contributed by atoms with van der Waals surface area (Å²) in [5, 5.41) is 5.57. The van der Waals surface area contributed by atoms with Crippen LogP contribution in [0.4, 0.5) is 9.52 Å². The van der Waals surface area contributed by atoms with Crippen LogP contribution in [-0.4, -0.2) is 23.3 Å². The van der Waals surface area contributed by atoms with Crippen molar-refractivity contribution in [2.45, 2.75) is 6.42 Å². The van der Waals surface area contributed by atoms with Gasteiger partial charge < -0.3 is 10.6 Å². The molecule has 0 saturated heterocycles. The van der Waals surface area contributed by atoms with Gasteiger partial charge in [-0.25, -0.2) is 9.37 Å². The van der Waals surface area contributed by atoms with E-state index < -0.39 is 17.6 Å². The molecule has 0 spiro atoms. The van der Waals surface area contributed by atoms with Crippen LogP contribution in [0.1, 0.15) is 20.8 Å². The average molecular weight is 448 g/mol. The monoisotopic (exact) mass is 447 g/mol. The van der Waals surface area contributed by atoms with Crippen molar-refractivity contribution in [3.8, 4) is 0 Å². The van der Waals surface area contributed by atoms with Crippen molar-refractivity contribution in [3.05, 3.63) is 81.0 Å². The topological polar surface area (TPSA) is 71.1 Å². The molecule has 5 nitrogen and oxygen atoms in total. The van der Waals surface area contributed by atoms with Gasteiger partial charge in [-0.2, -0.15) is 0 Å². The van der Waals surface area contributed by atoms with Gasteiger partial charge in [0.05, 0.1) is 6.54 Å². The molecule has 2 amide bonds. The molecule has 0 aliphatic heterocycles. The first-order valence-electron chi connectivity index (χ1n) is 8.02. The van der Waals surface area contributed by atoms with E-state index in [1.54, 1.807) is 6.20 Å². The number of rotatable bonds is 6. The first-order valence-corrected chi connectivity index (χ1v) is 9.63. The molecule has 3 rings (SSSR count). The minimum absolute atomic E-state index is 0.161. The van der Waals surface area contributed by atoms with Gasteiger partial charge in [-0.05, 0) is 35.9 Å². The van der Waals surface area contributed by atoms with E-state index in [0.29, 0.717) is 5.13 Å². The number of carbonyl (C=O) groups excluding carboxylic acids is 2. The fourth-order valence-corrected chi connectivity index (χ4v) is 3.43. The number of hydrogen-bond acceptors (Lipinski definition) is 4. The van der Waals surface area contributed by atoms with Gasteiger partial charge in [0, 0.05) is 27.5 Å². The van der Waals surface area contributed by atoms with E-state index in [2.05, 4.69) is 31.5 Å². The van der Waals surface area contributed by atoms with Crippen molar-refractivity contribution < 1.29 is 14.0 Å². The predicted octanol–water partition coefficient (Wildman–Crippen LogP) is 4.00. The van der Waals surface area contributed by atoms with E-state index in [0.717, 1.165) is 27.4 Å². The van der Waals surface area contributed by atoms with Crippen LogP contribution in [0.15, 0.2) is 59.2 Å². The summed E-state index contributed by atoms with van der Waals surface area (Å²) in [6.45, 7) is -0.225. The summed E-state index contributed by atoms with van der Waals surface area (Å²) in [7, 11) is 0. The van der Waals surface area contributed by atoms with E-state index in [1.165, 1.54) is 29.5 Å². The lowest BCUT2D eigenvalue weighted by Crippen LogP contribution is -2.32. The van der Waals surface area contributed by atoms with Crippen LogP contribution in [-0.2, 0) is 11.2 Å². The molecule has 2 aromatic carbocycles. The minimum Gasteiger partial charge on any atom is -0.343 e. The Morgan fingerprint density at radius 2 is 1.93 bits per heavy atom. The smallest absolute Gasteiger partial charge is 0.251 e. The number of amides is 2. The number of thiazole rings is 1. The summed E-state index contributed by atoms with van der Waals surface area (Å²) in [6, 6.07) is 13.3. The van der Waals surface area contributed by atoms with Crippen LogP contribution in [0.2, 0.25) is 0 Å². The Balaban J connectivity index is 1.50. The molecule has 0 aliphatic rings. The normalized spacial score (nSPS) is 10.4. The fourth-order valence-electron chi connectivity index (χ4n) is 2.31. The Labute approximate surface area is 167 Å². The van der Waals surface area contributed by atoms with Crippen LogP contribution in [0.25, 0.3) is 0 Å². The standard InChI is InChI=1S/C19H15BrFN3O2S/c20-14-6-4-12(5-7-14)8-16-10-23-19(27-16)24-17(25)11-22-18(26)13-2-1-3-15(21)9-13/h1-7,9-10H,8,11H2,(H,22,26)(H,23,24,25). The van der Waals surface area contributed by atoms with Crippen molar-refractivity contribution in [2.75, 3.05) is 11.9 Å². The van der Waals surface area contributed by atoms with Gasteiger partial charge in [0.15, 0.2) is 5.13 Å². The van der Waals surface area contributed by atoms with E-state index in [4.69, 9.17) is 0 Å². The number of aromatic nitrogens is 1. The van der Waals surface area contributed by atoms with Crippen LogP contribution in [0, 0.1) is 5.82 Å². The van der Waals surface area contributed by atoms with E-state index in [9.17, 15) is 14.0 Å². The molecular formula is C19H15BrFN3O2S. The Kier molecular flexibility index (Phi) is 6.31. The first kappa shape index (κ1) is 19.2. The van der Waals surface area contributed by atoms with Crippen molar-refractivity contribution in [3.63, 3.8) is 0 Å². The lowest BCUT2D eigenvalue weighted by Gasteiger charge is -2.05. The molecule has 0 fully saturated rings.